The molecule has 0 spiro atoms. The Hall–Kier alpha value is -0.690. The van der Waals surface area contributed by atoms with E-state index < -0.39 is 0 Å². The smallest absolute Gasteiger partial charge is 0.333 e. The highest BCUT2D eigenvalue weighted by Gasteiger charge is 2.00. The van der Waals surface area contributed by atoms with Crippen molar-refractivity contribution in [2.45, 2.75) is 13.3 Å². The van der Waals surface area contributed by atoms with E-state index in [0.29, 0.717) is 24.8 Å². The average molecular weight is 174 g/mol. The van der Waals surface area contributed by atoms with E-state index in [2.05, 4.69) is 6.58 Å². The van der Waals surface area contributed by atoms with Gasteiger partial charge < -0.3 is 4.74 Å². The summed E-state index contributed by atoms with van der Waals surface area (Å²) in [6.07, 6.45) is 1.16. The van der Waals surface area contributed by atoms with Crippen LogP contribution in [-0.4, -0.2) is 18.7 Å². The third kappa shape index (κ3) is 5.74. The lowest BCUT2D eigenvalue weighted by molar-refractivity contribution is -0.138. The molecule has 0 atom stereocenters. The minimum absolute atomic E-state index is 0.0950. The molecule has 0 amide bonds. The summed E-state index contributed by atoms with van der Waals surface area (Å²) in [7, 11) is 0.0950. The number of hydrogen-bond donors (Lipinski definition) is 0. The Bertz CT molecular complexity index is 165. The fourth-order valence-corrected chi connectivity index (χ4v) is 0.675. The normalized spacial score (nSPS) is 9.55. The van der Waals surface area contributed by atoms with Gasteiger partial charge in [-0.3, -0.25) is 4.57 Å². The number of hydrogen-bond acceptors (Lipinski definition) is 3. The molecule has 11 heavy (non-hydrogen) atoms. The van der Waals surface area contributed by atoms with Crippen LogP contribution < -0.4 is 0 Å². The quantitative estimate of drug-likeness (QED) is 0.276. The van der Waals surface area contributed by atoms with Gasteiger partial charge in [-0.2, -0.15) is 0 Å². The zero-order valence-corrected chi connectivity index (χ0v) is 7.39. The Balaban J connectivity index is 3.31. The summed E-state index contributed by atoms with van der Waals surface area (Å²) in [5.74, 6) is -0.382. The van der Waals surface area contributed by atoms with Crippen molar-refractivity contribution in [2.24, 2.45) is 0 Å². The minimum atomic E-state index is -0.382. The maximum Gasteiger partial charge on any atom is 0.333 e. The van der Waals surface area contributed by atoms with Crippen LogP contribution in [-0.2, 0) is 14.1 Å². The maximum atomic E-state index is 10.7. The molecule has 0 saturated heterocycles. The molecule has 0 aromatic rings. The lowest BCUT2D eigenvalue weighted by Gasteiger charge is -2.00. The molecule has 0 saturated carbocycles. The van der Waals surface area contributed by atoms with E-state index in [-0.39, 0.29) is 14.4 Å². The first-order chi connectivity index (χ1) is 5.18. The fraction of sp³-hybridized carbons (Fsp3) is 0.571. The lowest BCUT2D eigenvalue weighted by atomic mass is 10.4. The lowest BCUT2D eigenvalue weighted by Crippen LogP contribution is -2.06. The highest BCUT2D eigenvalue weighted by Crippen LogP contribution is 1.97. The monoisotopic (exact) mass is 174 g/mol. The van der Waals surface area contributed by atoms with Gasteiger partial charge >= 0.3 is 5.97 Å². The molecule has 3 nitrogen and oxygen atoms in total. The van der Waals surface area contributed by atoms with E-state index in [4.69, 9.17) is 4.74 Å². The Morgan fingerprint density at radius 1 is 1.64 bits per heavy atom. The molecule has 0 radical (unpaired) electrons. The molecular weight excluding hydrogens is 163 g/mol. The predicted molar refractivity (Wildman–Crippen MR) is 42.9 cm³/mol. The topological polar surface area (TPSA) is 43.4 Å². The van der Waals surface area contributed by atoms with Gasteiger partial charge in [0.1, 0.15) is 0 Å². The number of esters is 1. The van der Waals surface area contributed by atoms with Gasteiger partial charge in [0, 0.05) is 11.7 Å². The SMILES string of the molecule is C=C(C)C(=O)OCCCP=O. The number of carbonyl (C=O) groups excluding carboxylic acids is 1. The maximum absolute atomic E-state index is 10.7. The Kier molecular flexibility index (Phi) is 5.67. The van der Waals surface area contributed by atoms with Crippen LogP contribution in [0.5, 0.6) is 0 Å². The van der Waals surface area contributed by atoms with Crippen molar-refractivity contribution in [2.75, 3.05) is 12.8 Å². The molecule has 62 valence electrons. The fourth-order valence-electron chi connectivity index (χ4n) is 0.417. The van der Waals surface area contributed by atoms with E-state index in [0.717, 1.165) is 0 Å². The Morgan fingerprint density at radius 3 is 2.73 bits per heavy atom. The summed E-state index contributed by atoms with van der Waals surface area (Å²) in [5, 5.41) is 0. The molecule has 0 aromatic carbocycles. The van der Waals surface area contributed by atoms with Crippen LogP contribution >= 0.6 is 8.46 Å². The second-order valence-corrected chi connectivity index (χ2v) is 2.83. The van der Waals surface area contributed by atoms with Crippen LogP contribution in [0.2, 0.25) is 0 Å². The first-order valence-corrected chi connectivity index (χ1v) is 4.30. The predicted octanol–water partition coefficient (Wildman–Crippen LogP) is 1.79. The molecule has 0 bridgehead atoms. The van der Waals surface area contributed by atoms with Crippen molar-refractivity contribution in [1.82, 2.24) is 0 Å². The van der Waals surface area contributed by atoms with E-state index in [1.54, 1.807) is 6.92 Å². The summed E-state index contributed by atoms with van der Waals surface area (Å²) in [4.78, 5) is 10.7. The van der Waals surface area contributed by atoms with E-state index in [1.165, 1.54) is 0 Å². The van der Waals surface area contributed by atoms with Crippen LogP contribution in [0.25, 0.3) is 0 Å². The number of ether oxygens (including phenoxy) is 1. The summed E-state index contributed by atoms with van der Waals surface area (Å²) in [6, 6.07) is 0. The van der Waals surface area contributed by atoms with Crippen LogP contribution in [0, 0.1) is 0 Å². The van der Waals surface area contributed by atoms with Crippen molar-refractivity contribution < 1.29 is 14.1 Å². The second-order valence-electron chi connectivity index (χ2n) is 2.12. The first kappa shape index (κ1) is 10.3. The van der Waals surface area contributed by atoms with Gasteiger partial charge in [0.05, 0.1) is 6.61 Å². The van der Waals surface area contributed by atoms with Crippen molar-refractivity contribution in [3.05, 3.63) is 12.2 Å². The molecule has 4 heteroatoms. The first-order valence-electron chi connectivity index (χ1n) is 3.30. The molecule has 0 aromatic heterocycles. The highest BCUT2D eigenvalue weighted by atomic mass is 31.1. The van der Waals surface area contributed by atoms with E-state index >= 15 is 0 Å². The molecular formula is C7H11O3P. The highest BCUT2D eigenvalue weighted by molar-refractivity contribution is 7.23. The van der Waals surface area contributed by atoms with E-state index in [1.807, 2.05) is 0 Å². The summed E-state index contributed by atoms with van der Waals surface area (Å²) in [6.45, 7) is 5.33. The minimum Gasteiger partial charge on any atom is -0.462 e. The summed E-state index contributed by atoms with van der Waals surface area (Å²) in [5.41, 5.74) is 0.393. The molecule has 0 fully saturated rings. The third-order valence-electron chi connectivity index (χ3n) is 0.975. The van der Waals surface area contributed by atoms with Crippen LogP contribution in [0.1, 0.15) is 13.3 Å². The standard InChI is InChI=1S/C7H11O3P/c1-6(2)7(8)10-4-3-5-11-9/h1,3-5H2,2H3. The molecule has 0 aliphatic rings. The second kappa shape index (κ2) is 6.05. The molecule has 0 aliphatic carbocycles. The van der Waals surface area contributed by atoms with Gasteiger partial charge in [-0.05, 0) is 13.3 Å². The van der Waals surface area contributed by atoms with Crippen LogP contribution in [0.4, 0.5) is 0 Å². The van der Waals surface area contributed by atoms with E-state index in [9.17, 15) is 9.36 Å². The van der Waals surface area contributed by atoms with Crippen LogP contribution in [0.3, 0.4) is 0 Å². The van der Waals surface area contributed by atoms with Gasteiger partial charge in [0.15, 0.2) is 8.46 Å². The summed E-state index contributed by atoms with van der Waals surface area (Å²) >= 11 is 0. The van der Waals surface area contributed by atoms with Crippen molar-refractivity contribution >= 4 is 14.4 Å². The Labute approximate surface area is 67.6 Å². The molecule has 0 heterocycles. The molecule has 0 unspecified atom stereocenters. The van der Waals surface area contributed by atoms with Crippen molar-refractivity contribution in [1.29, 1.82) is 0 Å². The zero-order chi connectivity index (χ0) is 8.69. The average Bonchev–Trinajstić information content (AvgIpc) is 1.97. The van der Waals surface area contributed by atoms with Gasteiger partial charge in [0.25, 0.3) is 0 Å². The van der Waals surface area contributed by atoms with Crippen molar-refractivity contribution in [3.8, 4) is 0 Å². The van der Waals surface area contributed by atoms with Crippen molar-refractivity contribution in [3.63, 3.8) is 0 Å². The number of rotatable bonds is 5. The molecule has 0 N–H and O–H groups in total. The zero-order valence-electron chi connectivity index (χ0n) is 6.50. The largest absolute Gasteiger partial charge is 0.462 e. The van der Waals surface area contributed by atoms with Gasteiger partial charge in [0.2, 0.25) is 0 Å². The Morgan fingerprint density at radius 2 is 2.27 bits per heavy atom. The van der Waals surface area contributed by atoms with Gasteiger partial charge in [-0.25, -0.2) is 4.79 Å². The molecule has 0 rings (SSSR count). The third-order valence-corrected chi connectivity index (χ3v) is 1.47. The van der Waals surface area contributed by atoms with Gasteiger partial charge in [-0.15, -0.1) is 0 Å². The molecule has 0 aliphatic heterocycles. The van der Waals surface area contributed by atoms with Gasteiger partial charge in [-0.1, -0.05) is 6.58 Å². The van der Waals surface area contributed by atoms with Crippen LogP contribution in [0.15, 0.2) is 12.2 Å². The number of carbonyl (C=O) groups is 1. The summed E-state index contributed by atoms with van der Waals surface area (Å²) < 4.78 is 14.6.